The fourth-order valence-electron chi connectivity index (χ4n) is 9.77. The molecule has 204 valence electrons. The Morgan fingerprint density at radius 1 is 1.05 bits per heavy atom. The predicted molar refractivity (Wildman–Crippen MR) is 135 cm³/mol. The fraction of sp³-hybridized carbons (Fsp3) is 0.767. The van der Waals surface area contributed by atoms with Crippen molar-refractivity contribution in [1.29, 1.82) is 0 Å². The van der Waals surface area contributed by atoms with Gasteiger partial charge < -0.3 is 19.7 Å². The largest absolute Gasteiger partial charge is 0.441 e. The molecule has 11 atom stereocenters. The van der Waals surface area contributed by atoms with Gasteiger partial charge in [0.1, 0.15) is 5.52 Å². The summed E-state index contributed by atoms with van der Waals surface area (Å²) in [6.07, 6.45) is 6.29. The summed E-state index contributed by atoms with van der Waals surface area (Å²) >= 11 is 0. The van der Waals surface area contributed by atoms with Crippen molar-refractivity contribution in [3.8, 4) is 0 Å². The van der Waals surface area contributed by atoms with Gasteiger partial charge in [-0.2, -0.15) is 0 Å². The van der Waals surface area contributed by atoms with Crippen LogP contribution >= 0.6 is 0 Å². The molecule has 0 amide bonds. The van der Waals surface area contributed by atoms with Gasteiger partial charge in [0, 0.05) is 6.42 Å². The molecule has 2 aromatic rings. The van der Waals surface area contributed by atoms with E-state index in [1.165, 1.54) is 6.07 Å². The van der Waals surface area contributed by atoms with E-state index in [0.29, 0.717) is 24.1 Å². The molecular formula is C30H41F2NO4. The number of aliphatic hydroxyl groups excluding tert-OH is 3. The van der Waals surface area contributed by atoms with Gasteiger partial charge in [-0.15, -0.1) is 0 Å². The molecule has 1 unspecified atom stereocenters. The molecule has 37 heavy (non-hydrogen) atoms. The third-order valence-corrected chi connectivity index (χ3v) is 11.8. The standard InChI is InChI=1S/C30H41F2NO4/c1-15(4-9-25-33-28-23(37-25)8-7-21(31)27(28)32)18-5-6-19-26-20(14-24(36)30(18,19)3)29(2)11-10-17(34)12-16(29)13-22(26)35/h7-8,15-20,22,24,26,34-36H,4-6,9-14H2,1-3H3/t15?,16-,17+,18+,19-,20-,22+,24-,26-,29-,30+/m0/s1. The Labute approximate surface area is 217 Å². The molecule has 5 nitrogen and oxygen atoms in total. The second-order valence-corrected chi connectivity index (χ2v) is 13.4. The summed E-state index contributed by atoms with van der Waals surface area (Å²) < 4.78 is 33.4. The van der Waals surface area contributed by atoms with E-state index in [9.17, 15) is 24.1 Å². The first-order valence-electron chi connectivity index (χ1n) is 14.3. The first-order valence-corrected chi connectivity index (χ1v) is 14.3. The first kappa shape index (κ1) is 25.7. The van der Waals surface area contributed by atoms with Crippen LogP contribution in [0.15, 0.2) is 16.5 Å². The van der Waals surface area contributed by atoms with Gasteiger partial charge in [0.25, 0.3) is 0 Å². The molecule has 3 N–H and O–H groups in total. The lowest BCUT2D eigenvalue weighted by atomic mass is 9.43. The van der Waals surface area contributed by atoms with E-state index in [1.807, 2.05) is 0 Å². The number of aryl methyl sites for hydroxylation is 1. The van der Waals surface area contributed by atoms with Crippen LogP contribution in [0, 0.1) is 58.0 Å². The lowest BCUT2D eigenvalue weighted by molar-refractivity contribution is -0.207. The van der Waals surface area contributed by atoms with Gasteiger partial charge in [-0.25, -0.2) is 13.8 Å². The smallest absolute Gasteiger partial charge is 0.195 e. The lowest BCUT2D eigenvalue weighted by Gasteiger charge is -2.63. The average Bonchev–Trinajstić information content (AvgIpc) is 3.44. The van der Waals surface area contributed by atoms with E-state index in [0.717, 1.165) is 57.4 Å². The van der Waals surface area contributed by atoms with E-state index in [2.05, 4.69) is 25.8 Å². The molecule has 4 aliphatic carbocycles. The summed E-state index contributed by atoms with van der Waals surface area (Å²) in [6.45, 7) is 6.82. The van der Waals surface area contributed by atoms with Crippen molar-refractivity contribution in [1.82, 2.24) is 4.98 Å². The number of rotatable bonds is 4. The Kier molecular flexibility index (Phi) is 6.24. The summed E-state index contributed by atoms with van der Waals surface area (Å²) in [5.74, 6) is 0.166. The maximum absolute atomic E-state index is 14.1. The molecule has 1 heterocycles. The van der Waals surface area contributed by atoms with Gasteiger partial charge in [-0.05, 0) is 110 Å². The van der Waals surface area contributed by atoms with Crippen molar-refractivity contribution in [3.63, 3.8) is 0 Å². The second-order valence-electron chi connectivity index (χ2n) is 13.4. The number of hydrogen-bond acceptors (Lipinski definition) is 5. The number of fused-ring (bicyclic) bond motifs is 6. The number of oxazole rings is 1. The van der Waals surface area contributed by atoms with E-state index >= 15 is 0 Å². The van der Waals surface area contributed by atoms with Crippen LogP contribution in [0.4, 0.5) is 8.78 Å². The van der Waals surface area contributed by atoms with Crippen LogP contribution in [0.5, 0.6) is 0 Å². The van der Waals surface area contributed by atoms with Gasteiger partial charge in [0.2, 0.25) is 0 Å². The van der Waals surface area contributed by atoms with E-state index < -0.39 is 17.7 Å². The van der Waals surface area contributed by atoms with E-state index in [4.69, 9.17) is 4.42 Å². The van der Waals surface area contributed by atoms with Crippen molar-refractivity contribution < 1.29 is 28.5 Å². The van der Waals surface area contributed by atoms with Gasteiger partial charge >= 0.3 is 0 Å². The number of hydrogen-bond donors (Lipinski definition) is 3. The third-order valence-electron chi connectivity index (χ3n) is 11.8. The SMILES string of the molecule is CC(CCc1nc2c(F)c(F)ccc2o1)[C@H]1CC[C@H]2[C@@H]3[C@H](O)C[C@@H]4C[C@H](O)CC[C@]4(C)[C@H]3C[C@H](O)[C@]12C. The van der Waals surface area contributed by atoms with Crippen molar-refractivity contribution in [2.24, 2.45) is 46.3 Å². The molecule has 0 bridgehead atoms. The van der Waals surface area contributed by atoms with Crippen LogP contribution in [0.25, 0.3) is 11.1 Å². The van der Waals surface area contributed by atoms with Crippen LogP contribution in [0.3, 0.4) is 0 Å². The molecule has 6 rings (SSSR count). The fourth-order valence-corrected chi connectivity index (χ4v) is 9.77. The lowest BCUT2D eigenvalue weighted by Crippen LogP contribution is -2.62. The first-order chi connectivity index (χ1) is 17.5. The third kappa shape index (κ3) is 3.81. The average molecular weight is 518 g/mol. The maximum Gasteiger partial charge on any atom is 0.195 e. The van der Waals surface area contributed by atoms with Crippen LogP contribution in [0.1, 0.15) is 78.0 Å². The molecule has 4 saturated carbocycles. The van der Waals surface area contributed by atoms with Crippen LogP contribution in [-0.2, 0) is 6.42 Å². The van der Waals surface area contributed by atoms with E-state index in [1.54, 1.807) is 0 Å². The Morgan fingerprint density at radius 2 is 1.84 bits per heavy atom. The van der Waals surface area contributed by atoms with Gasteiger partial charge in [0.05, 0.1) is 18.3 Å². The number of aliphatic hydroxyl groups is 3. The minimum atomic E-state index is -0.971. The molecule has 1 aromatic carbocycles. The highest BCUT2D eigenvalue weighted by molar-refractivity contribution is 5.73. The Bertz CT molecular complexity index is 1170. The van der Waals surface area contributed by atoms with Gasteiger partial charge in [0.15, 0.2) is 23.1 Å². The highest BCUT2D eigenvalue weighted by atomic mass is 19.2. The molecule has 4 fully saturated rings. The van der Waals surface area contributed by atoms with Crippen LogP contribution in [0.2, 0.25) is 0 Å². The Hall–Kier alpha value is -1.57. The van der Waals surface area contributed by atoms with Crippen LogP contribution in [-0.4, -0.2) is 38.6 Å². The molecule has 4 aliphatic rings. The van der Waals surface area contributed by atoms with Crippen molar-refractivity contribution >= 4 is 11.1 Å². The highest BCUT2D eigenvalue weighted by Gasteiger charge is 2.65. The molecule has 0 radical (unpaired) electrons. The summed E-state index contributed by atoms with van der Waals surface area (Å²) in [7, 11) is 0. The zero-order valence-electron chi connectivity index (χ0n) is 22.2. The second kappa shape index (κ2) is 8.99. The molecular weight excluding hydrogens is 476 g/mol. The van der Waals surface area contributed by atoms with Crippen molar-refractivity contribution in [2.45, 2.75) is 96.9 Å². The Balaban J connectivity index is 1.20. The zero-order chi connectivity index (χ0) is 26.3. The minimum Gasteiger partial charge on any atom is -0.441 e. The summed E-state index contributed by atoms with van der Waals surface area (Å²) in [5, 5.41) is 33.5. The van der Waals surface area contributed by atoms with E-state index in [-0.39, 0.29) is 57.8 Å². The topological polar surface area (TPSA) is 86.7 Å². The number of benzene rings is 1. The quantitative estimate of drug-likeness (QED) is 0.489. The minimum absolute atomic E-state index is 0.0578. The van der Waals surface area contributed by atoms with Crippen molar-refractivity contribution in [3.05, 3.63) is 29.7 Å². The zero-order valence-corrected chi connectivity index (χ0v) is 22.2. The van der Waals surface area contributed by atoms with Gasteiger partial charge in [-0.1, -0.05) is 20.8 Å². The van der Waals surface area contributed by atoms with Gasteiger partial charge in [-0.3, -0.25) is 0 Å². The molecule has 0 aliphatic heterocycles. The maximum atomic E-state index is 14.1. The Morgan fingerprint density at radius 3 is 2.62 bits per heavy atom. The number of halogens is 2. The highest BCUT2D eigenvalue weighted by Crippen LogP contribution is 2.68. The molecule has 1 aromatic heterocycles. The molecule has 0 saturated heterocycles. The summed E-state index contributed by atoms with van der Waals surface area (Å²) in [4.78, 5) is 4.22. The summed E-state index contributed by atoms with van der Waals surface area (Å²) in [5.41, 5.74) is 0.000831. The van der Waals surface area contributed by atoms with Crippen molar-refractivity contribution in [2.75, 3.05) is 0 Å². The monoisotopic (exact) mass is 517 g/mol. The molecule has 0 spiro atoms. The number of nitrogens with zero attached hydrogens (tertiary/aromatic N) is 1. The normalized spacial score (nSPS) is 44.3. The predicted octanol–water partition coefficient (Wildman–Crippen LogP) is 5.64. The van der Waals surface area contributed by atoms with Crippen LogP contribution < -0.4 is 0 Å². The number of aromatic nitrogens is 1. The summed E-state index contributed by atoms with van der Waals surface area (Å²) in [6, 6.07) is 2.48. The molecule has 7 heteroatoms.